The Morgan fingerprint density at radius 3 is 2.73 bits per heavy atom. The van der Waals surface area contributed by atoms with Crippen molar-refractivity contribution in [1.29, 1.82) is 0 Å². The van der Waals surface area contributed by atoms with Crippen LogP contribution in [-0.2, 0) is 0 Å². The maximum Gasteiger partial charge on any atom is 0.393 e. The van der Waals surface area contributed by atoms with Gasteiger partial charge in [-0.25, -0.2) is 0 Å². The summed E-state index contributed by atoms with van der Waals surface area (Å²) >= 11 is 5.77. The summed E-state index contributed by atoms with van der Waals surface area (Å²) in [6, 6.07) is 0. The Morgan fingerprint density at radius 2 is 2.13 bits per heavy atom. The molecule has 84 valence electrons. The van der Waals surface area contributed by atoms with Crippen LogP contribution < -0.4 is 0 Å². The number of alkyl halides is 3. The Hall–Kier alpha value is -0.700. The fourth-order valence-corrected chi connectivity index (χ4v) is 1.52. The van der Waals surface area contributed by atoms with E-state index in [1.165, 1.54) is 12.2 Å². The maximum atomic E-state index is 12.2. The van der Waals surface area contributed by atoms with E-state index in [1.54, 1.807) is 12.2 Å². The zero-order valence-electron chi connectivity index (χ0n) is 8.31. The summed E-state index contributed by atoms with van der Waals surface area (Å²) in [5.41, 5.74) is 0.204. The molecule has 0 bridgehead atoms. The lowest BCUT2D eigenvalue weighted by Crippen LogP contribution is -2.08. The number of hydrogen-bond acceptors (Lipinski definition) is 0. The van der Waals surface area contributed by atoms with E-state index in [4.69, 9.17) is 11.6 Å². The highest BCUT2D eigenvalue weighted by Crippen LogP contribution is 2.28. The molecule has 0 N–H and O–H groups in total. The molecular formula is C11H12ClF3. The van der Waals surface area contributed by atoms with Gasteiger partial charge in [0.1, 0.15) is 0 Å². The quantitative estimate of drug-likeness (QED) is 0.625. The van der Waals surface area contributed by atoms with Gasteiger partial charge < -0.3 is 0 Å². The summed E-state index contributed by atoms with van der Waals surface area (Å²) in [5.74, 6) is 0.218. The molecule has 1 rings (SSSR count). The third-order valence-electron chi connectivity index (χ3n) is 2.05. The van der Waals surface area contributed by atoms with Gasteiger partial charge >= 0.3 is 6.18 Å². The molecule has 0 nitrogen and oxygen atoms in total. The van der Waals surface area contributed by atoms with Crippen LogP contribution in [-0.4, -0.2) is 6.18 Å². The van der Waals surface area contributed by atoms with Gasteiger partial charge in [0.15, 0.2) is 0 Å². The van der Waals surface area contributed by atoms with Crippen LogP contribution in [0.1, 0.15) is 19.8 Å². The summed E-state index contributed by atoms with van der Waals surface area (Å²) in [5, 5.41) is 0.380. The lowest BCUT2D eigenvalue weighted by atomic mass is 10.0. The van der Waals surface area contributed by atoms with E-state index in [9.17, 15) is 13.2 Å². The average molecular weight is 237 g/mol. The molecule has 0 saturated heterocycles. The SMILES string of the molecule is CC1C=CC(CC(F)(F)F)=CC(Cl)=CC1. The molecular weight excluding hydrogens is 225 g/mol. The molecule has 1 unspecified atom stereocenters. The number of allylic oxidation sites excluding steroid dienone is 6. The molecule has 0 aliphatic heterocycles. The first-order valence-electron chi connectivity index (χ1n) is 4.68. The molecule has 0 saturated carbocycles. The zero-order chi connectivity index (χ0) is 11.5. The Kier molecular flexibility index (Phi) is 4.03. The number of halogens is 4. The Morgan fingerprint density at radius 1 is 1.47 bits per heavy atom. The summed E-state index contributed by atoms with van der Waals surface area (Å²) in [4.78, 5) is 0. The zero-order valence-corrected chi connectivity index (χ0v) is 9.07. The third-order valence-corrected chi connectivity index (χ3v) is 2.31. The molecule has 1 atom stereocenters. The highest BCUT2D eigenvalue weighted by Gasteiger charge is 2.28. The first-order chi connectivity index (χ1) is 6.87. The predicted octanol–water partition coefficient (Wildman–Crippen LogP) is 4.58. The summed E-state index contributed by atoms with van der Waals surface area (Å²) in [7, 11) is 0. The maximum absolute atomic E-state index is 12.2. The van der Waals surface area contributed by atoms with Crippen molar-refractivity contribution in [2.24, 2.45) is 5.92 Å². The van der Waals surface area contributed by atoms with Crippen molar-refractivity contribution in [2.75, 3.05) is 0 Å². The minimum absolute atomic E-state index is 0.204. The highest BCUT2D eigenvalue weighted by atomic mass is 35.5. The molecule has 15 heavy (non-hydrogen) atoms. The largest absolute Gasteiger partial charge is 0.393 e. The van der Waals surface area contributed by atoms with E-state index in [0.29, 0.717) is 5.03 Å². The van der Waals surface area contributed by atoms with Crippen molar-refractivity contribution in [3.8, 4) is 0 Å². The minimum Gasteiger partial charge on any atom is -0.171 e. The molecule has 0 radical (unpaired) electrons. The van der Waals surface area contributed by atoms with E-state index < -0.39 is 12.6 Å². The number of rotatable bonds is 1. The van der Waals surface area contributed by atoms with Crippen LogP contribution in [0.4, 0.5) is 13.2 Å². The lowest BCUT2D eigenvalue weighted by molar-refractivity contribution is -0.126. The van der Waals surface area contributed by atoms with Gasteiger partial charge in [0.25, 0.3) is 0 Å². The summed E-state index contributed by atoms with van der Waals surface area (Å²) < 4.78 is 36.5. The van der Waals surface area contributed by atoms with E-state index in [-0.39, 0.29) is 11.5 Å². The van der Waals surface area contributed by atoms with E-state index in [2.05, 4.69) is 0 Å². The van der Waals surface area contributed by atoms with E-state index in [1.807, 2.05) is 6.92 Å². The normalized spacial score (nSPS) is 22.9. The topological polar surface area (TPSA) is 0 Å². The van der Waals surface area contributed by atoms with Gasteiger partial charge in [-0.1, -0.05) is 36.8 Å². The molecule has 1 aliphatic rings. The van der Waals surface area contributed by atoms with E-state index >= 15 is 0 Å². The van der Waals surface area contributed by atoms with Crippen LogP contribution in [0.3, 0.4) is 0 Å². The number of hydrogen-bond donors (Lipinski definition) is 0. The Balaban J connectivity index is 2.85. The molecule has 0 heterocycles. The van der Waals surface area contributed by atoms with Gasteiger partial charge in [-0.05, 0) is 24.0 Å². The van der Waals surface area contributed by atoms with Gasteiger partial charge in [0, 0.05) is 5.03 Å². The van der Waals surface area contributed by atoms with Crippen molar-refractivity contribution < 1.29 is 13.2 Å². The van der Waals surface area contributed by atoms with Gasteiger partial charge in [-0.2, -0.15) is 13.2 Å². The molecule has 0 aromatic heterocycles. The second-order valence-corrected chi connectivity index (χ2v) is 4.11. The van der Waals surface area contributed by atoms with Crippen molar-refractivity contribution in [3.63, 3.8) is 0 Å². The average Bonchev–Trinajstić information content (AvgIpc) is 2.06. The van der Waals surface area contributed by atoms with Gasteiger partial charge in [-0.3, -0.25) is 0 Å². The third kappa shape index (κ3) is 5.07. The molecule has 0 spiro atoms. The van der Waals surface area contributed by atoms with Crippen LogP contribution >= 0.6 is 11.6 Å². The van der Waals surface area contributed by atoms with E-state index in [0.717, 1.165) is 6.42 Å². The second kappa shape index (κ2) is 4.88. The predicted molar refractivity (Wildman–Crippen MR) is 55.6 cm³/mol. The fourth-order valence-electron chi connectivity index (χ4n) is 1.29. The molecule has 0 amide bonds. The van der Waals surface area contributed by atoms with Crippen LogP contribution in [0, 0.1) is 5.92 Å². The highest BCUT2D eigenvalue weighted by molar-refractivity contribution is 6.31. The summed E-state index contributed by atoms with van der Waals surface area (Å²) in [6.45, 7) is 1.94. The monoisotopic (exact) mass is 236 g/mol. The lowest BCUT2D eigenvalue weighted by Gasteiger charge is -2.10. The van der Waals surface area contributed by atoms with Crippen molar-refractivity contribution in [3.05, 3.63) is 34.9 Å². The summed E-state index contributed by atoms with van der Waals surface area (Å²) in [6.07, 6.45) is 2.04. The van der Waals surface area contributed by atoms with Crippen LogP contribution in [0.15, 0.2) is 34.9 Å². The van der Waals surface area contributed by atoms with Crippen molar-refractivity contribution in [2.45, 2.75) is 25.9 Å². The minimum atomic E-state index is -4.18. The Labute approximate surface area is 92.1 Å². The van der Waals surface area contributed by atoms with Crippen LogP contribution in [0.2, 0.25) is 0 Å². The van der Waals surface area contributed by atoms with Crippen molar-refractivity contribution in [1.82, 2.24) is 0 Å². The molecule has 0 aromatic carbocycles. The van der Waals surface area contributed by atoms with Gasteiger partial charge in [-0.15, -0.1) is 0 Å². The van der Waals surface area contributed by atoms with Crippen LogP contribution in [0.25, 0.3) is 0 Å². The molecule has 1 aliphatic carbocycles. The first-order valence-corrected chi connectivity index (χ1v) is 5.06. The first kappa shape index (κ1) is 12.4. The smallest absolute Gasteiger partial charge is 0.171 e. The molecule has 0 aromatic rings. The van der Waals surface area contributed by atoms with Crippen molar-refractivity contribution >= 4 is 11.6 Å². The van der Waals surface area contributed by atoms with Crippen LogP contribution in [0.5, 0.6) is 0 Å². The molecule has 4 heteroatoms. The Bertz CT molecular complexity index is 310. The fraction of sp³-hybridized carbons (Fsp3) is 0.455. The van der Waals surface area contributed by atoms with Gasteiger partial charge in [0.2, 0.25) is 0 Å². The molecule has 0 fully saturated rings. The standard InChI is InChI=1S/C11H12ClF3/c1-8-2-4-9(7-11(13,14)15)6-10(12)5-3-8/h2,4-6,8H,3,7H2,1H3. The van der Waals surface area contributed by atoms with Gasteiger partial charge in [0.05, 0.1) is 6.42 Å². The second-order valence-electron chi connectivity index (χ2n) is 3.67.